The third-order valence-electron chi connectivity index (χ3n) is 22.0. The van der Waals surface area contributed by atoms with Crippen molar-refractivity contribution in [2.24, 2.45) is 59.6 Å². The van der Waals surface area contributed by atoms with E-state index in [9.17, 15) is 23.4 Å². The maximum absolute atomic E-state index is 12.0. The average Bonchev–Trinajstić information content (AvgIpc) is 0.847. The second kappa shape index (κ2) is 92.0. The number of ether oxygens (including phenoxy) is 6. The molecule has 28 nitrogen and oxygen atoms in total. The molecular formula is C90H199F3O28. The Labute approximate surface area is 734 Å². The maximum atomic E-state index is 12.0. The Morgan fingerprint density at radius 2 is 0.372 bits per heavy atom. The number of aliphatic hydroxyl groups is 22. The van der Waals surface area contributed by atoms with Gasteiger partial charge in [-0.25, -0.2) is 0 Å². The first kappa shape index (κ1) is 143. The Morgan fingerprint density at radius 1 is 0.190 bits per heavy atom. The van der Waals surface area contributed by atoms with Crippen LogP contribution >= 0.6 is 0 Å². The Hall–Kier alpha value is -1.33. The number of alkyl halides is 3. The lowest BCUT2D eigenvalue weighted by molar-refractivity contribution is -0.171. The van der Waals surface area contributed by atoms with Crippen molar-refractivity contribution in [1.82, 2.24) is 0 Å². The average molecular weight is 1790 g/mol. The first-order chi connectivity index (χ1) is 57.2. The molecular weight excluding hydrogens is 1590 g/mol. The van der Waals surface area contributed by atoms with Gasteiger partial charge < -0.3 is 141 Å². The van der Waals surface area contributed by atoms with E-state index in [1.165, 1.54) is 14.2 Å². The van der Waals surface area contributed by atoms with Gasteiger partial charge in [0.05, 0.1) is 190 Å². The van der Waals surface area contributed by atoms with Crippen LogP contribution in [-0.4, -0.2) is 346 Å². The topological polar surface area (TPSA) is 500 Å². The predicted octanol–water partition coefficient (Wildman–Crippen LogP) is 9.58. The fourth-order valence-corrected chi connectivity index (χ4v) is 13.1. The normalized spacial score (nSPS) is 12.1. The molecule has 0 rings (SSSR count). The molecule has 0 saturated heterocycles. The molecule has 0 aliphatic carbocycles. The number of unbranched alkanes of at least 4 members (excludes halogenated alkanes) is 2. The van der Waals surface area contributed by atoms with Crippen LogP contribution in [0.3, 0.4) is 0 Å². The molecule has 0 aliphatic rings. The monoisotopic (exact) mass is 1790 g/mol. The molecule has 0 fully saturated rings. The highest BCUT2D eigenvalue weighted by molar-refractivity contribution is 4.84. The summed E-state index contributed by atoms with van der Waals surface area (Å²) in [4.78, 5) is 0. The van der Waals surface area contributed by atoms with Crippen molar-refractivity contribution < 1.29 is 154 Å². The summed E-state index contributed by atoms with van der Waals surface area (Å²) in [6.07, 6.45) is 20.0. The molecule has 0 saturated carbocycles. The molecule has 0 aromatic heterocycles. The van der Waals surface area contributed by atoms with Gasteiger partial charge in [-0.3, -0.25) is 0 Å². The van der Waals surface area contributed by atoms with Gasteiger partial charge in [-0.05, 0) is 89.9 Å². The van der Waals surface area contributed by atoms with Gasteiger partial charge in [0.2, 0.25) is 0 Å². The minimum atomic E-state index is -4.33. The van der Waals surface area contributed by atoms with Crippen LogP contribution in [0.4, 0.5) is 13.2 Å². The SMILES string of the molecule is CCCC(C)(CO)CO.CCCC(C)(CO)CO.CCCC(CC)(CO)CO.CCCC(CO)(CO)CC(F)(F)F.CCCC(CO)(CO)CCC.CCCC(CO)(CO)CCC.CCCC(CO)(CO)COC.CCCCC(CO)(CO)CCC.CCCCC(CO)(CO)COC.COCC(CO)(CO)COC.COCCC(CO)(CO)COC. The zero-order chi connectivity index (χ0) is 96.5. The van der Waals surface area contributed by atoms with Gasteiger partial charge in [0, 0.05) is 103 Å². The number of hydrogen-bond acceptors (Lipinski definition) is 28. The van der Waals surface area contributed by atoms with Crippen molar-refractivity contribution in [2.75, 3.05) is 228 Å². The van der Waals surface area contributed by atoms with E-state index < -0.39 is 52.9 Å². The minimum Gasteiger partial charge on any atom is -0.396 e. The van der Waals surface area contributed by atoms with Gasteiger partial charge in [0.15, 0.2) is 0 Å². The molecule has 31 heteroatoms. The molecule has 0 unspecified atom stereocenters. The number of rotatable bonds is 63. The Bertz CT molecular complexity index is 1730. The summed E-state index contributed by atoms with van der Waals surface area (Å²) in [5, 5.41) is 197. The van der Waals surface area contributed by atoms with Crippen molar-refractivity contribution in [2.45, 2.75) is 296 Å². The summed E-state index contributed by atoms with van der Waals surface area (Å²) in [5.74, 6) is 0. The second-order valence-corrected chi connectivity index (χ2v) is 34.4. The Kier molecular flexibility index (Phi) is 108. The smallest absolute Gasteiger partial charge is 0.389 e. The van der Waals surface area contributed by atoms with Gasteiger partial charge in [-0.1, -0.05) is 194 Å². The lowest BCUT2D eigenvalue weighted by Crippen LogP contribution is -2.39. The van der Waals surface area contributed by atoms with Crippen LogP contribution in [0.2, 0.25) is 0 Å². The molecule has 0 amide bonds. The van der Waals surface area contributed by atoms with Crippen LogP contribution in [0.5, 0.6) is 0 Å². The summed E-state index contributed by atoms with van der Waals surface area (Å²) in [6.45, 7) is 32.1. The molecule has 0 spiro atoms. The van der Waals surface area contributed by atoms with Crippen LogP contribution in [0.1, 0.15) is 290 Å². The van der Waals surface area contributed by atoms with Crippen molar-refractivity contribution in [3.05, 3.63) is 0 Å². The second-order valence-electron chi connectivity index (χ2n) is 34.4. The highest BCUT2D eigenvalue weighted by atomic mass is 19.4. The van der Waals surface area contributed by atoms with E-state index in [2.05, 4.69) is 55.4 Å². The van der Waals surface area contributed by atoms with Crippen LogP contribution in [0.25, 0.3) is 0 Å². The number of methoxy groups -OCH3 is 6. The lowest BCUT2D eigenvalue weighted by atomic mass is 9.80. The van der Waals surface area contributed by atoms with E-state index in [4.69, 9.17) is 131 Å². The van der Waals surface area contributed by atoms with Crippen LogP contribution in [-0.2, 0) is 28.4 Å². The quantitative estimate of drug-likeness (QED) is 0.0269. The van der Waals surface area contributed by atoms with Crippen molar-refractivity contribution >= 4 is 0 Å². The molecule has 121 heavy (non-hydrogen) atoms. The molecule has 22 N–H and O–H groups in total. The standard InChI is InChI=1S/C10H22O2.C9H20O3.2C9H20O2.C8H15F3O2.C8H18O4.C8H18O3.C8H18O2.C7H16O4.2C7H16O2/c1-3-5-7-10(8-11,9-12)6-4-2;1-3-4-5-9(6-10,7-11)8-12-2;2*1-3-5-9(7-10,8-11)6-4-2;1-2-3-7(5-12,6-13)4-8(9,10)11;1-11-4-3-8(5-9,6-10)7-12-2;1-3-4-8(5-9,6-10)7-11-2;1-3-5-8(4-2,6-9)7-10;1-10-5-7(3-8,4-9)6-11-2;2*1-3-4-7(2,5-8)6-9/h11-12H,3-9H2,1-2H3;10-11H,3-8H2,1-2H3;2*10-11H,3-8H2,1-2H3;12-13H,2-6H2,1H3;9-10H,3-7H2,1-2H3;9-10H,3-7H2,1-2H3;9-10H,3-7H2,1-2H3;8-9H,3-6H2,1-2H3;2*8-9H,3-6H2,1-2H3. The zero-order valence-corrected chi connectivity index (χ0v) is 80.7. The van der Waals surface area contributed by atoms with E-state index in [0.29, 0.717) is 52.5 Å². The van der Waals surface area contributed by atoms with Gasteiger partial charge in [-0.15, -0.1) is 0 Å². The highest BCUT2D eigenvalue weighted by Gasteiger charge is 2.42. The summed E-state index contributed by atoms with van der Waals surface area (Å²) >= 11 is 0. The highest BCUT2D eigenvalue weighted by Crippen LogP contribution is 2.37. The van der Waals surface area contributed by atoms with Crippen molar-refractivity contribution in [3.63, 3.8) is 0 Å². The molecule has 0 aliphatic heterocycles. The first-order valence-electron chi connectivity index (χ1n) is 44.6. The van der Waals surface area contributed by atoms with E-state index in [1.54, 1.807) is 35.4 Å². The summed E-state index contributed by atoms with van der Waals surface area (Å²) in [7, 11) is 9.35. The largest absolute Gasteiger partial charge is 0.396 e. The molecule has 0 bridgehead atoms. The van der Waals surface area contributed by atoms with E-state index in [-0.39, 0.29) is 171 Å². The Morgan fingerprint density at radius 3 is 0.537 bits per heavy atom. The van der Waals surface area contributed by atoms with E-state index in [0.717, 1.165) is 161 Å². The van der Waals surface area contributed by atoms with E-state index >= 15 is 0 Å². The fourth-order valence-electron chi connectivity index (χ4n) is 13.1. The molecule has 0 aromatic carbocycles. The zero-order valence-electron chi connectivity index (χ0n) is 80.7. The minimum absolute atomic E-state index is 0.00264. The van der Waals surface area contributed by atoms with Crippen LogP contribution < -0.4 is 0 Å². The van der Waals surface area contributed by atoms with Gasteiger partial charge in [-0.2, -0.15) is 13.2 Å². The fraction of sp³-hybridized carbons (Fsp3) is 1.00. The molecule has 0 radical (unpaired) electrons. The third kappa shape index (κ3) is 73.1. The molecule has 0 heterocycles. The maximum Gasteiger partial charge on any atom is 0.389 e. The van der Waals surface area contributed by atoms with Crippen molar-refractivity contribution in [3.8, 4) is 0 Å². The van der Waals surface area contributed by atoms with E-state index in [1.807, 2.05) is 41.5 Å². The first-order valence-corrected chi connectivity index (χ1v) is 44.6. The van der Waals surface area contributed by atoms with Crippen molar-refractivity contribution in [1.29, 1.82) is 0 Å². The number of hydrogen-bond donors (Lipinski definition) is 22. The molecule has 0 aromatic rings. The Balaban J connectivity index is -0.000000122. The molecule has 0 atom stereocenters. The third-order valence-corrected chi connectivity index (χ3v) is 22.0. The van der Waals surface area contributed by atoms with Crippen LogP contribution in [0, 0.1) is 59.6 Å². The molecule has 748 valence electrons. The predicted molar refractivity (Wildman–Crippen MR) is 479 cm³/mol. The van der Waals surface area contributed by atoms with Gasteiger partial charge in [0.25, 0.3) is 0 Å². The van der Waals surface area contributed by atoms with Gasteiger partial charge in [0.1, 0.15) is 0 Å². The number of aliphatic hydroxyl groups excluding tert-OH is 22. The number of halogens is 3. The lowest BCUT2D eigenvalue weighted by Gasteiger charge is -2.30. The van der Waals surface area contributed by atoms with Crippen LogP contribution in [0.15, 0.2) is 0 Å². The summed E-state index contributed by atoms with van der Waals surface area (Å²) in [5.41, 5.74) is -4.79. The summed E-state index contributed by atoms with van der Waals surface area (Å²) < 4.78 is 65.4. The summed E-state index contributed by atoms with van der Waals surface area (Å²) in [6, 6.07) is 0. The van der Waals surface area contributed by atoms with Gasteiger partial charge >= 0.3 is 6.18 Å².